The van der Waals surface area contributed by atoms with Crippen LogP contribution in [0, 0.1) is 0 Å². The summed E-state index contributed by atoms with van der Waals surface area (Å²) in [6.45, 7) is 4.07. The monoisotopic (exact) mass is 673 g/mol. The first-order chi connectivity index (χ1) is 23.6. The van der Waals surface area contributed by atoms with Crippen LogP contribution < -0.4 is 0 Å². The lowest BCUT2D eigenvalue weighted by Gasteiger charge is -2.15. The third-order valence-electron chi connectivity index (χ3n) is 8.63. The molecule has 1 N–H and O–H groups in total. The molecule has 0 fully saturated rings. The lowest BCUT2D eigenvalue weighted by atomic mass is 10.0. The summed E-state index contributed by atoms with van der Waals surface area (Å²) < 4.78 is 10.6. The lowest BCUT2D eigenvalue weighted by molar-refractivity contribution is -0.161. The molecule has 0 aliphatic carbocycles. The van der Waals surface area contributed by atoms with Crippen molar-refractivity contribution < 1.29 is 24.2 Å². The standard InChI is InChI=1S/C43H76O5/c1-3-5-7-9-11-13-15-17-19-21-23-25-27-29-31-33-35-37-42(45)47-40-41(39-44)48-43(46)38-36-34-32-30-28-26-24-22-20-18-16-14-12-10-8-6-4-2/h12,14,18,20,24,26,30,32,41,44H,3-11,13,15-17,19,21-23,25,27-29,31,33-40H2,1-2H3/b14-12-,20-18-,26-24-,32-30-/t41-/m0/s1. The number of esters is 2. The summed E-state index contributed by atoms with van der Waals surface area (Å²) in [6.07, 6.45) is 48.9. The Bertz CT molecular complexity index is 812. The summed E-state index contributed by atoms with van der Waals surface area (Å²) >= 11 is 0. The van der Waals surface area contributed by atoms with Crippen LogP contribution in [0.2, 0.25) is 0 Å². The first kappa shape index (κ1) is 45.9. The molecule has 0 aromatic carbocycles. The van der Waals surface area contributed by atoms with E-state index in [0.29, 0.717) is 12.8 Å². The van der Waals surface area contributed by atoms with E-state index in [0.717, 1.165) is 44.9 Å². The number of ether oxygens (including phenoxy) is 2. The summed E-state index contributed by atoms with van der Waals surface area (Å²) in [5.41, 5.74) is 0. The van der Waals surface area contributed by atoms with Crippen molar-refractivity contribution in [3.8, 4) is 0 Å². The fourth-order valence-corrected chi connectivity index (χ4v) is 5.55. The largest absolute Gasteiger partial charge is 0.462 e. The van der Waals surface area contributed by atoms with Crippen molar-refractivity contribution in [2.24, 2.45) is 0 Å². The highest BCUT2D eigenvalue weighted by atomic mass is 16.6. The van der Waals surface area contributed by atoms with Gasteiger partial charge in [-0.2, -0.15) is 0 Å². The van der Waals surface area contributed by atoms with E-state index in [9.17, 15) is 14.7 Å². The Morgan fingerprint density at radius 1 is 0.479 bits per heavy atom. The van der Waals surface area contributed by atoms with Gasteiger partial charge in [0.2, 0.25) is 0 Å². The number of unbranched alkanes of at least 4 members (excludes halogenated alkanes) is 20. The molecule has 0 spiro atoms. The number of carbonyl (C=O) groups excluding carboxylic acids is 2. The first-order valence-corrected chi connectivity index (χ1v) is 20.2. The van der Waals surface area contributed by atoms with Crippen LogP contribution in [0.5, 0.6) is 0 Å². The molecule has 0 bridgehead atoms. The summed E-state index contributed by atoms with van der Waals surface area (Å²) in [6, 6.07) is 0. The molecule has 0 aromatic heterocycles. The van der Waals surface area contributed by atoms with Gasteiger partial charge in [-0.05, 0) is 51.4 Å². The van der Waals surface area contributed by atoms with E-state index < -0.39 is 6.10 Å². The van der Waals surface area contributed by atoms with Crippen LogP contribution >= 0.6 is 0 Å². The van der Waals surface area contributed by atoms with Crippen LogP contribution in [0.25, 0.3) is 0 Å². The Balaban J connectivity index is 3.63. The van der Waals surface area contributed by atoms with Gasteiger partial charge in [0.1, 0.15) is 6.61 Å². The number of rotatable bonds is 36. The molecule has 0 aromatic rings. The minimum Gasteiger partial charge on any atom is -0.462 e. The fourth-order valence-electron chi connectivity index (χ4n) is 5.55. The van der Waals surface area contributed by atoms with Crippen molar-refractivity contribution in [2.75, 3.05) is 13.2 Å². The number of hydrogen-bond donors (Lipinski definition) is 1. The van der Waals surface area contributed by atoms with Crippen molar-refractivity contribution in [1.82, 2.24) is 0 Å². The molecule has 278 valence electrons. The number of carbonyl (C=O) groups is 2. The van der Waals surface area contributed by atoms with Gasteiger partial charge in [-0.1, -0.05) is 178 Å². The molecule has 0 unspecified atom stereocenters. The molecule has 5 heteroatoms. The maximum atomic E-state index is 12.1. The molecule has 0 aliphatic rings. The second kappa shape index (κ2) is 39.3. The zero-order chi connectivity index (χ0) is 35.0. The van der Waals surface area contributed by atoms with Crippen LogP contribution in [0.4, 0.5) is 0 Å². The van der Waals surface area contributed by atoms with E-state index >= 15 is 0 Å². The molecule has 48 heavy (non-hydrogen) atoms. The molecule has 1 atom stereocenters. The maximum Gasteiger partial charge on any atom is 0.306 e. The van der Waals surface area contributed by atoms with Crippen LogP contribution in [0.1, 0.15) is 194 Å². The van der Waals surface area contributed by atoms with Crippen molar-refractivity contribution in [3.63, 3.8) is 0 Å². The van der Waals surface area contributed by atoms with E-state index in [1.807, 2.05) is 0 Å². The molecule has 0 amide bonds. The Labute approximate surface area is 297 Å². The Kier molecular flexibility index (Phi) is 37.5. The Morgan fingerprint density at radius 3 is 1.31 bits per heavy atom. The van der Waals surface area contributed by atoms with Gasteiger partial charge in [0.05, 0.1) is 6.61 Å². The molecular weight excluding hydrogens is 596 g/mol. The van der Waals surface area contributed by atoms with E-state index in [-0.39, 0.29) is 31.6 Å². The summed E-state index contributed by atoms with van der Waals surface area (Å²) in [5, 5.41) is 9.55. The van der Waals surface area contributed by atoms with Gasteiger partial charge >= 0.3 is 11.9 Å². The highest BCUT2D eigenvalue weighted by Gasteiger charge is 2.15. The third-order valence-corrected chi connectivity index (χ3v) is 8.63. The number of aliphatic hydroxyl groups excluding tert-OH is 1. The second-order valence-electron chi connectivity index (χ2n) is 13.4. The first-order valence-electron chi connectivity index (χ1n) is 20.2. The average molecular weight is 673 g/mol. The third kappa shape index (κ3) is 36.7. The maximum absolute atomic E-state index is 12.1. The van der Waals surface area contributed by atoms with E-state index in [4.69, 9.17) is 9.47 Å². The fraction of sp³-hybridized carbons (Fsp3) is 0.767. The molecule has 0 rings (SSSR count). The summed E-state index contributed by atoms with van der Waals surface area (Å²) in [4.78, 5) is 24.2. The van der Waals surface area contributed by atoms with Crippen molar-refractivity contribution >= 4 is 11.9 Å². The van der Waals surface area contributed by atoms with Crippen molar-refractivity contribution in [3.05, 3.63) is 48.6 Å². The predicted molar refractivity (Wildman–Crippen MR) is 205 cm³/mol. The van der Waals surface area contributed by atoms with Gasteiger partial charge in [0, 0.05) is 12.8 Å². The van der Waals surface area contributed by atoms with E-state index in [1.165, 1.54) is 116 Å². The SMILES string of the molecule is CCCCC/C=C\C/C=C\C/C=C\C/C=C\CCCC(=O)O[C@@H](CO)COC(=O)CCCCCCCCCCCCCCCCCCC. The van der Waals surface area contributed by atoms with Gasteiger partial charge in [0.15, 0.2) is 6.10 Å². The molecule has 0 saturated carbocycles. The van der Waals surface area contributed by atoms with Crippen molar-refractivity contribution in [2.45, 2.75) is 200 Å². The Hall–Kier alpha value is -2.14. The van der Waals surface area contributed by atoms with Crippen LogP contribution in [-0.4, -0.2) is 36.4 Å². The molecule has 0 radical (unpaired) electrons. The van der Waals surface area contributed by atoms with Crippen LogP contribution in [0.3, 0.4) is 0 Å². The Morgan fingerprint density at radius 2 is 0.854 bits per heavy atom. The minimum absolute atomic E-state index is 0.0861. The number of hydrogen-bond acceptors (Lipinski definition) is 5. The van der Waals surface area contributed by atoms with Gasteiger partial charge in [0.25, 0.3) is 0 Å². The van der Waals surface area contributed by atoms with Crippen LogP contribution in [-0.2, 0) is 19.1 Å². The number of aliphatic hydroxyl groups is 1. The average Bonchev–Trinajstić information content (AvgIpc) is 3.09. The zero-order valence-electron chi connectivity index (χ0n) is 31.5. The predicted octanol–water partition coefficient (Wildman–Crippen LogP) is 12.6. The minimum atomic E-state index is -0.798. The highest BCUT2D eigenvalue weighted by molar-refractivity contribution is 5.70. The molecule has 0 aliphatic heterocycles. The van der Waals surface area contributed by atoms with E-state index in [2.05, 4.69) is 62.5 Å². The molecule has 0 heterocycles. The van der Waals surface area contributed by atoms with Gasteiger partial charge in [-0.15, -0.1) is 0 Å². The highest BCUT2D eigenvalue weighted by Crippen LogP contribution is 2.14. The van der Waals surface area contributed by atoms with Crippen LogP contribution in [0.15, 0.2) is 48.6 Å². The number of allylic oxidation sites excluding steroid dienone is 8. The molecule has 5 nitrogen and oxygen atoms in total. The topological polar surface area (TPSA) is 72.8 Å². The smallest absolute Gasteiger partial charge is 0.306 e. The van der Waals surface area contributed by atoms with Gasteiger partial charge in [-0.25, -0.2) is 0 Å². The molecule has 0 saturated heterocycles. The quantitative estimate of drug-likeness (QED) is 0.0407. The lowest BCUT2D eigenvalue weighted by Crippen LogP contribution is -2.28. The van der Waals surface area contributed by atoms with Crippen molar-refractivity contribution in [1.29, 1.82) is 0 Å². The molecular formula is C43H76O5. The second-order valence-corrected chi connectivity index (χ2v) is 13.4. The van der Waals surface area contributed by atoms with Gasteiger partial charge in [-0.3, -0.25) is 9.59 Å². The normalized spacial score (nSPS) is 12.6. The summed E-state index contributed by atoms with van der Waals surface area (Å²) in [7, 11) is 0. The van der Waals surface area contributed by atoms with Gasteiger partial charge < -0.3 is 14.6 Å². The van der Waals surface area contributed by atoms with E-state index in [1.54, 1.807) is 0 Å². The summed E-state index contributed by atoms with van der Waals surface area (Å²) in [5.74, 6) is -0.653. The zero-order valence-corrected chi connectivity index (χ0v) is 31.5.